The zero-order valence-electron chi connectivity index (χ0n) is 20.8. The molecule has 1 fully saturated rings. The lowest BCUT2D eigenvalue weighted by molar-refractivity contribution is -0.131. The number of rotatable bonds is 8. The van der Waals surface area contributed by atoms with Crippen LogP contribution >= 0.6 is 0 Å². The van der Waals surface area contributed by atoms with E-state index < -0.39 is 18.0 Å². The number of imide groups is 1. The van der Waals surface area contributed by atoms with E-state index in [0.717, 1.165) is 11.1 Å². The zero-order valence-corrected chi connectivity index (χ0v) is 20.8. The summed E-state index contributed by atoms with van der Waals surface area (Å²) in [5, 5.41) is 8.88. The molecule has 2 N–H and O–H groups in total. The van der Waals surface area contributed by atoms with E-state index in [0.29, 0.717) is 31.7 Å². The first-order valence-corrected chi connectivity index (χ1v) is 12.4. The summed E-state index contributed by atoms with van der Waals surface area (Å²) in [5.41, 5.74) is 10.8. The van der Waals surface area contributed by atoms with Gasteiger partial charge in [-0.25, -0.2) is 4.79 Å². The molecule has 10 heteroatoms. The summed E-state index contributed by atoms with van der Waals surface area (Å²) in [4.78, 5) is 44.7. The average molecular weight is 512 g/mol. The second-order valence-corrected chi connectivity index (χ2v) is 8.84. The summed E-state index contributed by atoms with van der Waals surface area (Å²) in [6.07, 6.45) is 0. The standard InChI is InChI=1S/C28H29N7O3/c29-33-30-20-24(36)34-16-18-35(19-17-34)26(22-12-6-2-7-13-22)25(21-10-4-1-5-11-21)31-28(38)32-27(37)23-14-8-3-9-15-23/h1-15,25-26H,16-20H2,(H2,31,32,37,38)/t25-,26+/m1/s1. The number of piperazine rings is 1. The van der Waals surface area contributed by atoms with Gasteiger partial charge in [0.2, 0.25) is 5.91 Å². The van der Waals surface area contributed by atoms with Crippen LogP contribution in [0.3, 0.4) is 0 Å². The largest absolute Gasteiger partial charge is 0.340 e. The highest BCUT2D eigenvalue weighted by Gasteiger charge is 2.34. The quantitative estimate of drug-likeness (QED) is 0.268. The van der Waals surface area contributed by atoms with Gasteiger partial charge in [0.05, 0.1) is 12.1 Å². The number of nitrogens with zero attached hydrogens (tertiary/aromatic N) is 5. The van der Waals surface area contributed by atoms with Crippen molar-refractivity contribution in [2.24, 2.45) is 5.11 Å². The first kappa shape index (κ1) is 26.4. The third-order valence-electron chi connectivity index (χ3n) is 6.49. The van der Waals surface area contributed by atoms with Crippen LogP contribution < -0.4 is 10.6 Å². The van der Waals surface area contributed by atoms with Gasteiger partial charge in [-0.2, -0.15) is 0 Å². The van der Waals surface area contributed by atoms with Crippen molar-refractivity contribution in [1.82, 2.24) is 20.4 Å². The van der Waals surface area contributed by atoms with Gasteiger partial charge in [-0.15, -0.1) is 0 Å². The van der Waals surface area contributed by atoms with Gasteiger partial charge in [0, 0.05) is 36.7 Å². The number of amides is 4. The Labute approximate surface area is 220 Å². The lowest BCUT2D eigenvalue weighted by atomic mass is 9.91. The molecule has 4 rings (SSSR count). The monoisotopic (exact) mass is 511 g/mol. The molecule has 1 heterocycles. The molecule has 4 amide bonds. The second kappa shape index (κ2) is 13.0. The van der Waals surface area contributed by atoms with Crippen molar-refractivity contribution >= 4 is 17.8 Å². The molecule has 0 bridgehead atoms. The number of hydrogen-bond donors (Lipinski definition) is 2. The van der Waals surface area contributed by atoms with E-state index in [-0.39, 0.29) is 18.5 Å². The molecular formula is C28H29N7O3. The van der Waals surface area contributed by atoms with Crippen LogP contribution in [-0.4, -0.2) is 60.4 Å². The van der Waals surface area contributed by atoms with Crippen molar-refractivity contribution in [2.45, 2.75) is 12.1 Å². The summed E-state index contributed by atoms with van der Waals surface area (Å²) in [7, 11) is 0. The number of azide groups is 1. The number of hydrogen-bond acceptors (Lipinski definition) is 5. The molecule has 0 aromatic heterocycles. The Balaban J connectivity index is 1.59. The van der Waals surface area contributed by atoms with E-state index in [9.17, 15) is 14.4 Å². The van der Waals surface area contributed by atoms with Crippen LogP contribution in [0.1, 0.15) is 33.6 Å². The van der Waals surface area contributed by atoms with Crippen LogP contribution in [0.15, 0.2) is 96.1 Å². The van der Waals surface area contributed by atoms with Crippen LogP contribution in [-0.2, 0) is 4.79 Å². The third-order valence-corrected chi connectivity index (χ3v) is 6.49. The minimum absolute atomic E-state index is 0.206. The Morgan fingerprint density at radius 3 is 1.95 bits per heavy atom. The molecular weight excluding hydrogens is 482 g/mol. The highest BCUT2D eigenvalue weighted by atomic mass is 16.2. The van der Waals surface area contributed by atoms with Crippen molar-refractivity contribution in [3.05, 3.63) is 118 Å². The van der Waals surface area contributed by atoms with Crippen LogP contribution in [0.2, 0.25) is 0 Å². The average Bonchev–Trinajstić information content (AvgIpc) is 2.97. The van der Waals surface area contributed by atoms with E-state index in [4.69, 9.17) is 5.53 Å². The lowest BCUT2D eigenvalue weighted by Gasteiger charge is -2.42. The molecule has 0 saturated carbocycles. The fraction of sp³-hybridized carbons (Fsp3) is 0.250. The fourth-order valence-electron chi connectivity index (χ4n) is 4.65. The van der Waals surface area contributed by atoms with E-state index in [1.54, 1.807) is 35.2 Å². The van der Waals surface area contributed by atoms with E-state index in [1.165, 1.54) is 0 Å². The van der Waals surface area contributed by atoms with Crippen LogP contribution in [0.4, 0.5) is 4.79 Å². The fourth-order valence-corrected chi connectivity index (χ4v) is 4.65. The third kappa shape index (κ3) is 6.76. The molecule has 1 aliphatic heterocycles. The van der Waals surface area contributed by atoms with Gasteiger partial charge in [0.1, 0.15) is 6.54 Å². The van der Waals surface area contributed by atoms with Gasteiger partial charge in [0.25, 0.3) is 5.91 Å². The van der Waals surface area contributed by atoms with Crippen molar-refractivity contribution in [2.75, 3.05) is 32.7 Å². The summed E-state index contributed by atoms with van der Waals surface area (Å²) in [6, 6.07) is 26.7. The van der Waals surface area contributed by atoms with Crippen LogP contribution in [0.5, 0.6) is 0 Å². The predicted octanol–water partition coefficient (Wildman–Crippen LogP) is 4.06. The molecule has 3 aromatic rings. The number of urea groups is 1. The van der Waals surface area contributed by atoms with Crippen molar-refractivity contribution in [3.8, 4) is 0 Å². The van der Waals surface area contributed by atoms with Crippen molar-refractivity contribution in [3.63, 3.8) is 0 Å². The van der Waals surface area contributed by atoms with E-state index >= 15 is 0 Å². The minimum Gasteiger partial charge on any atom is -0.340 e. The molecule has 1 aliphatic rings. The number of carbonyl (C=O) groups is 3. The maximum atomic E-state index is 13.1. The smallest absolute Gasteiger partial charge is 0.322 e. The Kier molecular flexibility index (Phi) is 9.07. The minimum atomic E-state index is -0.600. The first-order valence-electron chi connectivity index (χ1n) is 12.4. The summed E-state index contributed by atoms with van der Waals surface area (Å²) >= 11 is 0. The van der Waals surface area contributed by atoms with Gasteiger partial charge in [-0.3, -0.25) is 19.8 Å². The molecule has 38 heavy (non-hydrogen) atoms. The summed E-state index contributed by atoms with van der Waals surface area (Å²) in [6.45, 7) is 1.82. The number of nitrogens with one attached hydrogen (secondary N) is 2. The zero-order chi connectivity index (χ0) is 26.7. The Hall–Kier alpha value is -4.66. The Morgan fingerprint density at radius 1 is 0.816 bits per heavy atom. The van der Waals surface area contributed by atoms with Gasteiger partial charge in [0.15, 0.2) is 0 Å². The predicted molar refractivity (Wildman–Crippen MR) is 143 cm³/mol. The molecule has 3 aromatic carbocycles. The lowest BCUT2D eigenvalue weighted by Crippen LogP contribution is -2.53. The Bertz CT molecular complexity index is 1270. The van der Waals surface area contributed by atoms with E-state index in [1.807, 2.05) is 60.7 Å². The topological polar surface area (TPSA) is 131 Å². The SMILES string of the molecule is [N-]=[N+]=NCC(=O)N1CCN([C@@H](c2ccccc2)[C@H](NC(=O)NC(=O)c2ccccc2)c2ccccc2)CC1. The summed E-state index contributed by atoms with van der Waals surface area (Å²) < 4.78 is 0. The second-order valence-electron chi connectivity index (χ2n) is 8.84. The molecule has 194 valence electrons. The molecule has 0 unspecified atom stereocenters. The number of carbonyl (C=O) groups excluding carboxylic acids is 3. The summed E-state index contributed by atoms with van der Waals surface area (Å²) in [5.74, 6) is -0.700. The van der Waals surface area contributed by atoms with Gasteiger partial charge < -0.3 is 10.2 Å². The van der Waals surface area contributed by atoms with Crippen molar-refractivity contribution in [1.29, 1.82) is 0 Å². The molecule has 0 spiro atoms. The highest BCUT2D eigenvalue weighted by molar-refractivity contribution is 6.04. The maximum Gasteiger partial charge on any atom is 0.322 e. The van der Waals surface area contributed by atoms with E-state index in [2.05, 4.69) is 25.6 Å². The highest BCUT2D eigenvalue weighted by Crippen LogP contribution is 2.35. The Morgan fingerprint density at radius 2 is 1.37 bits per heavy atom. The van der Waals surface area contributed by atoms with Crippen LogP contribution in [0.25, 0.3) is 10.4 Å². The normalized spacial score (nSPS) is 15.0. The number of benzene rings is 3. The van der Waals surface area contributed by atoms with Gasteiger partial charge >= 0.3 is 6.03 Å². The first-order chi connectivity index (χ1) is 18.6. The van der Waals surface area contributed by atoms with Crippen LogP contribution in [0, 0.1) is 0 Å². The maximum absolute atomic E-state index is 13.1. The molecule has 0 radical (unpaired) electrons. The molecule has 0 aliphatic carbocycles. The molecule has 10 nitrogen and oxygen atoms in total. The molecule has 1 saturated heterocycles. The molecule has 2 atom stereocenters. The van der Waals surface area contributed by atoms with Crippen molar-refractivity contribution < 1.29 is 14.4 Å². The van der Waals surface area contributed by atoms with Gasteiger partial charge in [-0.05, 0) is 28.8 Å². The van der Waals surface area contributed by atoms with Gasteiger partial charge in [-0.1, -0.05) is 84.0 Å².